The highest BCUT2D eigenvalue weighted by Gasteiger charge is 2.25. The first kappa shape index (κ1) is 11.6. The lowest BCUT2D eigenvalue weighted by Crippen LogP contribution is -2.14. The van der Waals surface area contributed by atoms with Crippen LogP contribution in [0.3, 0.4) is 0 Å². The molecule has 0 radical (unpaired) electrons. The van der Waals surface area contributed by atoms with Crippen LogP contribution >= 0.6 is 0 Å². The van der Waals surface area contributed by atoms with E-state index in [4.69, 9.17) is 5.11 Å². The molecule has 0 aromatic carbocycles. The molecule has 0 fully saturated rings. The van der Waals surface area contributed by atoms with Gasteiger partial charge in [0, 0.05) is 12.4 Å². The van der Waals surface area contributed by atoms with E-state index in [0.29, 0.717) is 0 Å². The van der Waals surface area contributed by atoms with Gasteiger partial charge in [0.1, 0.15) is 0 Å². The lowest BCUT2D eigenvalue weighted by Gasteiger charge is -2.13. The number of aromatic nitrogens is 1. The second-order valence-corrected chi connectivity index (χ2v) is 3.33. The third-order valence-electron chi connectivity index (χ3n) is 2.02. The number of hydrogen-bond donors (Lipinski definition) is 1. The summed E-state index contributed by atoms with van der Waals surface area (Å²) in [6.45, 7) is 1.72. The standard InChI is InChI=1S/C10H11F2NO2/c1-6-2-7(5-13-4-6)8(10(11)12)3-9(14)15/h2,4-5,8,10H,3H2,1H3,(H,14,15). The minimum absolute atomic E-state index is 0.271. The third kappa shape index (κ3) is 3.27. The third-order valence-corrected chi connectivity index (χ3v) is 2.02. The zero-order valence-electron chi connectivity index (χ0n) is 8.15. The van der Waals surface area contributed by atoms with E-state index in [-0.39, 0.29) is 5.56 Å². The highest BCUT2D eigenvalue weighted by atomic mass is 19.3. The fourth-order valence-electron chi connectivity index (χ4n) is 1.32. The van der Waals surface area contributed by atoms with Crippen LogP contribution in [0.1, 0.15) is 23.5 Å². The molecule has 1 aromatic heterocycles. The Hall–Kier alpha value is -1.52. The average Bonchev–Trinajstić information content (AvgIpc) is 2.13. The highest BCUT2D eigenvalue weighted by Crippen LogP contribution is 2.26. The summed E-state index contributed by atoms with van der Waals surface area (Å²) in [7, 11) is 0. The van der Waals surface area contributed by atoms with Gasteiger partial charge in [-0.25, -0.2) is 8.78 Å². The topological polar surface area (TPSA) is 50.2 Å². The van der Waals surface area contributed by atoms with E-state index in [0.717, 1.165) is 5.56 Å². The lowest BCUT2D eigenvalue weighted by atomic mass is 9.97. The Kier molecular flexibility index (Phi) is 3.71. The number of pyridine rings is 1. The quantitative estimate of drug-likeness (QED) is 0.837. The smallest absolute Gasteiger partial charge is 0.304 e. The zero-order chi connectivity index (χ0) is 11.4. The number of aryl methyl sites for hydroxylation is 1. The van der Waals surface area contributed by atoms with Gasteiger partial charge in [-0.15, -0.1) is 0 Å². The number of alkyl halides is 2. The van der Waals surface area contributed by atoms with E-state index in [2.05, 4.69) is 4.98 Å². The number of nitrogens with zero attached hydrogens (tertiary/aromatic N) is 1. The van der Waals surface area contributed by atoms with Gasteiger partial charge in [0.2, 0.25) is 6.43 Å². The summed E-state index contributed by atoms with van der Waals surface area (Å²) in [5.41, 5.74) is 1.01. The first-order valence-corrected chi connectivity index (χ1v) is 4.42. The number of hydrogen-bond acceptors (Lipinski definition) is 2. The normalized spacial score (nSPS) is 12.8. The van der Waals surface area contributed by atoms with Crippen molar-refractivity contribution in [3.63, 3.8) is 0 Å². The predicted molar refractivity (Wildman–Crippen MR) is 50.0 cm³/mol. The second kappa shape index (κ2) is 4.82. The molecule has 0 bridgehead atoms. The van der Waals surface area contributed by atoms with Gasteiger partial charge in [0.15, 0.2) is 0 Å². The summed E-state index contributed by atoms with van der Waals surface area (Å²) >= 11 is 0. The summed E-state index contributed by atoms with van der Waals surface area (Å²) in [5, 5.41) is 8.51. The Morgan fingerprint density at radius 3 is 2.67 bits per heavy atom. The number of aliphatic carboxylic acids is 1. The summed E-state index contributed by atoms with van der Waals surface area (Å²) in [4.78, 5) is 14.2. The molecular formula is C10H11F2NO2. The number of carboxylic acids is 1. The summed E-state index contributed by atoms with van der Waals surface area (Å²) in [6, 6.07) is 1.53. The molecule has 1 heterocycles. The van der Waals surface area contributed by atoms with Gasteiger partial charge in [0.05, 0.1) is 12.3 Å². The molecule has 15 heavy (non-hydrogen) atoms. The predicted octanol–water partition coefficient (Wildman–Crippen LogP) is 2.21. The van der Waals surface area contributed by atoms with E-state index in [1.54, 1.807) is 6.92 Å². The van der Waals surface area contributed by atoms with E-state index in [1.165, 1.54) is 18.5 Å². The van der Waals surface area contributed by atoms with Crippen molar-refractivity contribution in [3.05, 3.63) is 29.6 Å². The molecule has 5 heteroatoms. The van der Waals surface area contributed by atoms with Crippen molar-refractivity contribution >= 4 is 5.97 Å². The Bertz CT molecular complexity index is 355. The largest absolute Gasteiger partial charge is 0.481 e. The van der Waals surface area contributed by atoms with Crippen molar-refractivity contribution in [1.29, 1.82) is 0 Å². The molecule has 0 amide bonds. The molecule has 1 N–H and O–H groups in total. The van der Waals surface area contributed by atoms with Gasteiger partial charge >= 0.3 is 5.97 Å². The number of halogens is 2. The van der Waals surface area contributed by atoms with Crippen molar-refractivity contribution in [2.24, 2.45) is 0 Å². The molecule has 3 nitrogen and oxygen atoms in total. The van der Waals surface area contributed by atoms with Crippen molar-refractivity contribution in [2.45, 2.75) is 25.7 Å². The van der Waals surface area contributed by atoms with Crippen molar-refractivity contribution < 1.29 is 18.7 Å². The number of rotatable bonds is 4. The minimum Gasteiger partial charge on any atom is -0.481 e. The molecule has 0 saturated carbocycles. The van der Waals surface area contributed by atoms with E-state index >= 15 is 0 Å². The maximum atomic E-state index is 12.6. The fraction of sp³-hybridized carbons (Fsp3) is 0.400. The van der Waals surface area contributed by atoms with Gasteiger partial charge in [-0.3, -0.25) is 9.78 Å². The molecule has 1 rings (SSSR count). The Morgan fingerprint density at radius 1 is 1.53 bits per heavy atom. The van der Waals surface area contributed by atoms with Crippen LogP contribution in [-0.2, 0) is 4.79 Å². The first-order chi connectivity index (χ1) is 7.00. The summed E-state index contributed by atoms with van der Waals surface area (Å²) in [5.74, 6) is -2.52. The van der Waals surface area contributed by atoms with Crippen LogP contribution in [0.2, 0.25) is 0 Å². The zero-order valence-corrected chi connectivity index (χ0v) is 8.15. The van der Waals surface area contributed by atoms with Gasteiger partial charge < -0.3 is 5.11 Å². The van der Waals surface area contributed by atoms with Crippen molar-refractivity contribution in [1.82, 2.24) is 4.98 Å². The lowest BCUT2D eigenvalue weighted by molar-refractivity contribution is -0.138. The summed E-state index contributed by atoms with van der Waals surface area (Å²) in [6.07, 6.45) is -0.452. The van der Waals surface area contributed by atoms with Gasteiger partial charge in [-0.1, -0.05) is 6.07 Å². The minimum atomic E-state index is -2.69. The number of carbonyl (C=O) groups is 1. The Labute approximate surface area is 85.8 Å². The average molecular weight is 215 g/mol. The van der Waals surface area contributed by atoms with E-state index in [9.17, 15) is 13.6 Å². The Balaban J connectivity index is 2.93. The van der Waals surface area contributed by atoms with Gasteiger partial charge in [-0.05, 0) is 18.1 Å². The maximum Gasteiger partial charge on any atom is 0.304 e. The number of carboxylic acid groups (broad SMARTS) is 1. The van der Waals surface area contributed by atoms with Gasteiger partial charge in [0.25, 0.3) is 0 Å². The molecule has 0 spiro atoms. The first-order valence-electron chi connectivity index (χ1n) is 4.42. The van der Waals surface area contributed by atoms with Crippen LogP contribution in [0.25, 0.3) is 0 Å². The van der Waals surface area contributed by atoms with Crippen LogP contribution in [0.15, 0.2) is 18.5 Å². The molecule has 1 aromatic rings. The van der Waals surface area contributed by atoms with Crippen LogP contribution in [0.4, 0.5) is 8.78 Å². The highest BCUT2D eigenvalue weighted by molar-refractivity contribution is 5.68. The molecular weight excluding hydrogens is 204 g/mol. The molecule has 82 valence electrons. The van der Waals surface area contributed by atoms with Crippen molar-refractivity contribution in [2.75, 3.05) is 0 Å². The molecule has 0 aliphatic heterocycles. The molecule has 1 unspecified atom stereocenters. The molecule has 0 saturated heterocycles. The molecule has 1 atom stereocenters. The SMILES string of the molecule is Cc1cncc(C(CC(=O)O)C(F)F)c1. The second-order valence-electron chi connectivity index (χ2n) is 3.33. The molecule has 0 aliphatic rings. The van der Waals surface area contributed by atoms with E-state index < -0.39 is 24.7 Å². The van der Waals surface area contributed by atoms with E-state index in [1.807, 2.05) is 0 Å². The Morgan fingerprint density at radius 2 is 2.20 bits per heavy atom. The van der Waals surface area contributed by atoms with Crippen LogP contribution in [0, 0.1) is 6.92 Å². The van der Waals surface area contributed by atoms with Crippen LogP contribution in [-0.4, -0.2) is 22.5 Å². The fourth-order valence-corrected chi connectivity index (χ4v) is 1.32. The summed E-state index contributed by atoms with van der Waals surface area (Å²) < 4.78 is 25.2. The molecule has 0 aliphatic carbocycles. The maximum absolute atomic E-state index is 12.6. The van der Waals surface area contributed by atoms with Crippen LogP contribution < -0.4 is 0 Å². The van der Waals surface area contributed by atoms with Crippen molar-refractivity contribution in [3.8, 4) is 0 Å². The van der Waals surface area contributed by atoms with Gasteiger partial charge in [-0.2, -0.15) is 0 Å². The monoisotopic (exact) mass is 215 g/mol. The van der Waals surface area contributed by atoms with Crippen LogP contribution in [0.5, 0.6) is 0 Å².